The topological polar surface area (TPSA) is 85.9 Å². The molecule has 0 radical (unpaired) electrons. The van der Waals surface area contributed by atoms with Crippen molar-refractivity contribution in [2.45, 2.75) is 12.5 Å². The monoisotopic (exact) mass is 433 g/mol. The lowest BCUT2D eigenvalue weighted by Gasteiger charge is -2.27. The van der Waals surface area contributed by atoms with E-state index in [4.69, 9.17) is 4.74 Å². The van der Waals surface area contributed by atoms with E-state index >= 15 is 0 Å². The molecule has 7 heteroatoms. The van der Waals surface area contributed by atoms with E-state index in [0.717, 1.165) is 17.4 Å². The second-order valence-corrected chi connectivity index (χ2v) is 8.14. The van der Waals surface area contributed by atoms with E-state index in [1.165, 1.54) is 0 Å². The van der Waals surface area contributed by atoms with Crippen molar-refractivity contribution >= 4 is 28.4 Å². The molecule has 1 fully saturated rings. The van der Waals surface area contributed by atoms with Crippen molar-refractivity contribution in [2.75, 3.05) is 34.3 Å². The number of rotatable bonds is 7. The molecule has 1 aliphatic rings. The molecule has 4 rings (SSSR count). The minimum absolute atomic E-state index is 0.0779. The highest BCUT2D eigenvalue weighted by atomic mass is 16.5. The number of hydrogen-bond acceptors (Lipinski definition) is 5. The highest BCUT2D eigenvalue weighted by Crippen LogP contribution is 2.43. The number of aliphatic hydroxyl groups is 1. The number of H-pyrrole nitrogens is 1. The number of Topliss-reactive ketones (excluding diaryl/α,β-unsaturated/α-hetero) is 1. The first-order valence-electron chi connectivity index (χ1n) is 10.6. The number of aromatic nitrogens is 1. The lowest BCUT2D eigenvalue weighted by Crippen LogP contribution is -2.32. The molecule has 166 valence electrons. The molecule has 1 aromatic heterocycles. The summed E-state index contributed by atoms with van der Waals surface area (Å²) in [6.07, 6.45) is 2.36. The van der Waals surface area contributed by atoms with Crippen LogP contribution in [0.1, 0.15) is 23.6 Å². The molecule has 2 N–H and O–H groups in total. The Morgan fingerprint density at radius 1 is 1.12 bits per heavy atom. The maximum absolute atomic E-state index is 13.2. The van der Waals surface area contributed by atoms with Crippen molar-refractivity contribution in [1.29, 1.82) is 0 Å². The Morgan fingerprint density at radius 2 is 1.84 bits per heavy atom. The largest absolute Gasteiger partial charge is 0.507 e. The van der Waals surface area contributed by atoms with Crippen LogP contribution in [0.5, 0.6) is 5.75 Å². The summed E-state index contributed by atoms with van der Waals surface area (Å²) in [6.45, 7) is 1.15. The van der Waals surface area contributed by atoms with Gasteiger partial charge in [0.1, 0.15) is 11.5 Å². The van der Waals surface area contributed by atoms with Gasteiger partial charge in [0.25, 0.3) is 11.7 Å². The molecule has 2 aromatic carbocycles. The van der Waals surface area contributed by atoms with Crippen LogP contribution in [0, 0.1) is 0 Å². The van der Waals surface area contributed by atoms with Crippen molar-refractivity contribution in [3.63, 3.8) is 0 Å². The molecule has 32 heavy (non-hydrogen) atoms. The summed E-state index contributed by atoms with van der Waals surface area (Å²) in [6, 6.07) is 14.1. The number of amides is 1. The molecule has 1 saturated heterocycles. The second-order valence-electron chi connectivity index (χ2n) is 8.14. The number of aromatic amines is 1. The number of carbonyl (C=O) groups is 2. The normalized spacial score (nSPS) is 18.1. The summed E-state index contributed by atoms with van der Waals surface area (Å²) in [5, 5.41) is 12.1. The van der Waals surface area contributed by atoms with E-state index in [9.17, 15) is 14.7 Å². The van der Waals surface area contributed by atoms with E-state index in [-0.39, 0.29) is 11.3 Å². The summed E-state index contributed by atoms with van der Waals surface area (Å²) < 4.78 is 5.54. The molecule has 3 aromatic rings. The number of para-hydroxylation sites is 2. The van der Waals surface area contributed by atoms with Gasteiger partial charge in [0.2, 0.25) is 0 Å². The first kappa shape index (κ1) is 21.6. The van der Waals surface area contributed by atoms with Gasteiger partial charge < -0.3 is 24.6 Å². The van der Waals surface area contributed by atoms with E-state index < -0.39 is 17.7 Å². The molecule has 1 atom stereocenters. The standard InChI is InChI=1S/C25H27N3O4/c1-27(2)13-8-14-28-22(17-10-5-7-12-20(17)32-3)21(24(30)25(28)31)23(29)18-15-26-19-11-6-4-9-16(18)19/h4-7,9-12,15,22,26,29H,8,13-14H2,1-3H3. The summed E-state index contributed by atoms with van der Waals surface area (Å²) >= 11 is 0. The maximum atomic E-state index is 13.2. The zero-order valence-corrected chi connectivity index (χ0v) is 18.5. The molecule has 7 nitrogen and oxygen atoms in total. The third-order valence-electron chi connectivity index (χ3n) is 5.82. The third-order valence-corrected chi connectivity index (χ3v) is 5.82. The first-order chi connectivity index (χ1) is 15.4. The van der Waals surface area contributed by atoms with E-state index in [1.807, 2.05) is 61.5 Å². The molecule has 0 saturated carbocycles. The summed E-state index contributed by atoms with van der Waals surface area (Å²) in [4.78, 5) is 33.0. The second kappa shape index (κ2) is 8.88. The Morgan fingerprint density at radius 3 is 2.59 bits per heavy atom. The van der Waals surface area contributed by atoms with Crippen LogP contribution in [0.3, 0.4) is 0 Å². The predicted octanol–water partition coefficient (Wildman–Crippen LogP) is 3.55. The smallest absolute Gasteiger partial charge is 0.295 e. The first-order valence-corrected chi connectivity index (χ1v) is 10.6. The van der Waals surface area contributed by atoms with Gasteiger partial charge in [-0.15, -0.1) is 0 Å². The van der Waals surface area contributed by atoms with Crippen LogP contribution in [-0.4, -0.2) is 65.9 Å². The van der Waals surface area contributed by atoms with Gasteiger partial charge in [0.05, 0.1) is 18.7 Å². The molecule has 0 spiro atoms. The Hall–Kier alpha value is -3.58. The molecule has 2 heterocycles. The molecule has 1 amide bonds. The number of nitrogens with zero attached hydrogens (tertiary/aromatic N) is 2. The van der Waals surface area contributed by atoms with Crippen molar-refractivity contribution in [3.8, 4) is 5.75 Å². The fraction of sp³-hybridized carbons (Fsp3) is 0.280. The summed E-state index contributed by atoms with van der Waals surface area (Å²) in [5.41, 5.74) is 2.07. The number of methoxy groups -OCH3 is 1. The van der Waals surface area contributed by atoms with Crippen molar-refractivity contribution < 1.29 is 19.4 Å². The van der Waals surface area contributed by atoms with Crippen LogP contribution in [-0.2, 0) is 9.59 Å². The highest BCUT2D eigenvalue weighted by Gasteiger charge is 2.46. The number of carbonyl (C=O) groups excluding carboxylic acids is 2. The Bertz CT molecular complexity index is 1190. The number of hydrogen-bond donors (Lipinski definition) is 2. The fourth-order valence-electron chi connectivity index (χ4n) is 4.30. The molecular formula is C25H27N3O4. The van der Waals surface area contributed by atoms with E-state index in [1.54, 1.807) is 24.3 Å². The van der Waals surface area contributed by atoms with Crippen LogP contribution in [0.4, 0.5) is 0 Å². The number of nitrogens with one attached hydrogen (secondary N) is 1. The number of ether oxygens (including phenoxy) is 1. The number of ketones is 1. The van der Waals surface area contributed by atoms with Gasteiger partial charge in [-0.3, -0.25) is 9.59 Å². The number of fused-ring (bicyclic) bond motifs is 1. The van der Waals surface area contributed by atoms with Crippen LogP contribution in [0.2, 0.25) is 0 Å². The molecule has 1 aliphatic heterocycles. The Balaban J connectivity index is 1.88. The van der Waals surface area contributed by atoms with Gasteiger partial charge >= 0.3 is 0 Å². The zero-order valence-electron chi connectivity index (χ0n) is 18.5. The minimum Gasteiger partial charge on any atom is -0.507 e. The van der Waals surface area contributed by atoms with E-state index in [2.05, 4.69) is 4.98 Å². The van der Waals surface area contributed by atoms with Crippen molar-refractivity contribution in [3.05, 3.63) is 71.4 Å². The number of benzene rings is 2. The summed E-state index contributed by atoms with van der Waals surface area (Å²) in [5.74, 6) is -0.928. The Labute approximate surface area is 186 Å². The number of aliphatic hydroxyl groups excluding tert-OH is 1. The lowest BCUT2D eigenvalue weighted by atomic mass is 9.94. The van der Waals surface area contributed by atoms with Crippen LogP contribution < -0.4 is 4.74 Å². The van der Waals surface area contributed by atoms with Crippen LogP contribution in [0.15, 0.2) is 60.3 Å². The van der Waals surface area contributed by atoms with Crippen molar-refractivity contribution in [1.82, 2.24) is 14.8 Å². The quantitative estimate of drug-likeness (QED) is 0.338. The van der Waals surface area contributed by atoms with E-state index in [0.29, 0.717) is 29.8 Å². The fourth-order valence-corrected chi connectivity index (χ4v) is 4.30. The molecule has 0 bridgehead atoms. The van der Waals surface area contributed by atoms with Gasteiger partial charge in [-0.25, -0.2) is 0 Å². The van der Waals surface area contributed by atoms with Gasteiger partial charge in [-0.2, -0.15) is 0 Å². The average Bonchev–Trinajstić information content (AvgIpc) is 3.33. The average molecular weight is 434 g/mol. The van der Waals surface area contributed by atoms with Gasteiger partial charge in [0.15, 0.2) is 0 Å². The summed E-state index contributed by atoms with van der Waals surface area (Å²) in [7, 11) is 5.47. The molecular weight excluding hydrogens is 406 g/mol. The lowest BCUT2D eigenvalue weighted by molar-refractivity contribution is -0.140. The molecule has 1 unspecified atom stereocenters. The van der Waals surface area contributed by atoms with Gasteiger partial charge in [-0.1, -0.05) is 36.4 Å². The number of likely N-dealkylation sites (tertiary alicyclic amines) is 1. The van der Waals surface area contributed by atoms with Crippen LogP contribution in [0.25, 0.3) is 16.7 Å². The van der Waals surface area contributed by atoms with Crippen LogP contribution >= 0.6 is 0 Å². The van der Waals surface area contributed by atoms with Gasteiger partial charge in [0, 0.05) is 34.8 Å². The Kier molecular flexibility index (Phi) is 6.01. The maximum Gasteiger partial charge on any atom is 0.295 e. The SMILES string of the molecule is COc1ccccc1C1C(=C(O)c2c[nH]c3ccccc23)C(=O)C(=O)N1CCCN(C)C. The highest BCUT2D eigenvalue weighted by molar-refractivity contribution is 6.46. The van der Waals surface area contributed by atoms with Crippen molar-refractivity contribution in [2.24, 2.45) is 0 Å². The zero-order chi connectivity index (χ0) is 22.8. The molecule has 0 aliphatic carbocycles. The predicted molar refractivity (Wildman–Crippen MR) is 123 cm³/mol. The minimum atomic E-state index is -0.734. The third kappa shape index (κ3) is 3.76. The van der Waals surface area contributed by atoms with Gasteiger partial charge in [-0.05, 0) is 39.2 Å².